The Bertz CT molecular complexity index is 342. The molecule has 0 spiro atoms. The van der Waals surface area contributed by atoms with Gasteiger partial charge in [0.1, 0.15) is 5.82 Å². The van der Waals surface area contributed by atoms with E-state index in [-0.39, 0.29) is 11.6 Å². The van der Waals surface area contributed by atoms with Gasteiger partial charge in [-0.3, -0.25) is 4.79 Å². The third kappa shape index (κ3) is 2.25. The number of ketones is 1. The van der Waals surface area contributed by atoms with Gasteiger partial charge in [-0.2, -0.15) is 0 Å². The molecule has 0 heterocycles. The van der Waals surface area contributed by atoms with Crippen LogP contribution in [0.15, 0.2) is 30.9 Å². The number of carbonyl (C=O) groups excluding carboxylic acids is 1. The van der Waals surface area contributed by atoms with Gasteiger partial charge >= 0.3 is 0 Å². The highest BCUT2D eigenvalue weighted by atomic mass is 19.1. The van der Waals surface area contributed by atoms with Crippen LogP contribution < -0.4 is 0 Å². The molecule has 1 aromatic carbocycles. The van der Waals surface area contributed by atoms with E-state index in [0.29, 0.717) is 17.5 Å². The average Bonchev–Trinajstić information content (AvgIpc) is 2.04. The predicted molar refractivity (Wildman–Crippen MR) is 50.3 cm³/mol. The van der Waals surface area contributed by atoms with Crippen LogP contribution in [0.25, 0.3) is 0 Å². The zero-order valence-electron chi connectivity index (χ0n) is 7.51. The van der Waals surface area contributed by atoms with Crippen LogP contribution in [0, 0.1) is 5.82 Å². The molecule has 1 nitrogen and oxygen atoms in total. The Kier molecular flexibility index (Phi) is 2.96. The van der Waals surface area contributed by atoms with Crippen molar-refractivity contribution in [2.45, 2.75) is 13.3 Å². The summed E-state index contributed by atoms with van der Waals surface area (Å²) in [6, 6.07) is 4.18. The topological polar surface area (TPSA) is 17.1 Å². The molecule has 0 aliphatic heterocycles. The molecule has 0 saturated heterocycles. The van der Waals surface area contributed by atoms with E-state index < -0.39 is 0 Å². The first kappa shape index (κ1) is 9.65. The summed E-state index contributed by atoms with van der Waals surface area (Å²) in [5.41, 5.74) is 1.27. The van der Waals surface area contributed by atoms with E-state index in [1.54, 1.807) is 6.08 Å². The molecule has 0 radical (unpaired) electrons. The number of Topliss-reactive ketones (excluding diaryl/α,β-unsaturated/α-hetero) is 1. The molecule has 0 unspecified atom stereocenters. The lowest BCUT2D eigenvalue weighted by Crippen LogP contribution is -1.99. The highest BCUT2D eigenvalue weighted by molar-refractivity contribution is 5.95. The van der Waals surface area contributed by atoms with E-state index in [1.807, 2.05) is 0 Å². The summed E-state index contributed by atoms with van der Waals surface area (Å²) < 4.78 is 12.8. The lowest BCUT2D eigenvalue weighted by Gasteiger charge is -2.03. The maximum atomic E-state index is 12.8. The second-order valence-corrected chi connectivity index (χ2v) is 2.85. The summed E-state index contributed by atoms with van der Waals surface area (Å²) in [5.74, 6) is -0.362. The molecule has 0 aliphatic rings. The zero-order valence-corrected chi connectivity index (χ0v) is 7.51. The monoisotopic (exact) mass is 178 g/mol. The van der Waals surface area contributed by atoms with E-state index >= 15 is 0 Å². The smallest absolute Gasteiger partial charge is 0.160 e. The van der Waals surface area contributed by atoms with Crippen LogP contribution in [-0.2, 0) is 6.42 Å². The Morgan fingerprint density at radius 2 is 2.31 bits per heavy atom. The van der Waals surface area contributed by atoms with Crippen molar-refractivity contribution in [3.63, 3.8) is 0 Å². The van der Waals surface area contributed by atoms with Crippen molar-refractivity contribution >= 4 is 5.78 Å². The van der Waals surface area contributed by atoms with Gasteiger partial charge in [-0.15, -0.1) is 6.58 Å². The number of benzene rings is 1. The van der Waals surface area contributed by atoms with Crippen LogP contribution in [0.3, 0.4) is 0 Å². The van der Waals surface area contributed by atoms with Gasteiger partial charge in [-0.25, -0.2) is 4.39 Å². The lowest BCUT2D eigenvalue weighted by atomic mass is 10.0. The summed E-state index contributed by atoms with van der Waals surface area (Å²) >= 11 is 0. The van der Waals surface area contributed by atoms with Gasteiger partial charge in [-0.1, -0.05) is 6.08 Å². The van der Waals surface area contributed by atoms with Crippen LogP contribution in [0.1, 0.15) is 22.8 Å². The second kappa shape index (κ2) is 3.99. The fraction of sp³-hybridized carbons (Fsp3) is 0.182. The second-order valence-electron chi connectivity index (χ2n) is 2.85. The lowest BCUT2D eigenvalue weighted by molar-refractivity contribution is 0.101. The molecule has 0 N–H and O–H groups in total. The first-order chi connectivity index (χ1) is 6.15. The Morgan fingerprint density at radius 3 is 2.85 bits per heavy atom. The quantitative estimate of drug-likeness (QED) is 0.513. The fourth-order valence-corrected chi connectivity index (χ4v) is 1.23. The zero-order chi connectivity index (χ0) is 9.84. The highest BCUT2D eigenvalue weighted by Gasteiger charge is 2.06. The van der Waals surface area contributed by atoms with Crippen molar-refractivity contribution in [2.75, 3.05) is 0 Å². The first-order valence-electron chi connectivity index (χ1n) is 4.05. The van der Waals surface area contributed by atoms with Crippen LogP contribution in [0.5, 0.6) is 0 Å². The molecule has 0 fully saturated rings. The van der Waals surface area contributed by atoms with E-state index in [1.165, 1.54) is 25.1 Å². The number of halogens is 1. The van der Waals surface area contributed by atoms with Gasteiger partial charge in [0.05, 0.1) is 0 Å². The minimum atomic E-state index is -0.318. The van der Waals surface area contributed by atoms with Gasteiger partial charge in [0, 0.05) is 5.56 Å². The molecular formula is C11H11FO. The first-order valence-corrected chi connectivity index (χ1v) is 4.05. The maximum absolute atomic E-state index is 12.8. The predicted octanol–water partition coefficient (Wildman–Crippen LogP) is 2.76. The van der Waals surface area contributed by atoms with Crippen LogP contribution in [-0.4, -0.2) is 5.78 Å². The molecular weight excluding hydrogens is 167 g/mol. The summed E-state index contributed by atoms with van der Waals surface area (Å²) in [7, 11) is 0. The summed E-state index contributed by atoms with van der Waals surface area (Å²) in [6.45, 7) is 5.02. The Hall–Kier alpha value is -1.44. The van der Waals surface area contributed by atoms with E-state index in [9.17, 15) is 9.18 Å². The average molecular weight is 178 g/mol. The molecule has 0 amide bonds. The Morgan fingerprint density at radius 1 is 1.62 bits per heavy atom. The van der Waals surface area contributed by atoms with E-state index in [2.05, 4.69) is 6.58 Å². The largest absolute Gasteiger partial charge is 0.295 e. The SMILES string of the molecule is C=CCc1cc(F)ccc1C(C)=O. The third-order valence-corrected chi connectivity index (χ3v) is 1.81. The van der Waals surface area contributed by atoms with Crippen LogP contribution in [0.2, 0.25) is 0 Å². The number of allylic oxidation sites excluding steroid dienone is 1. The van der Waals surface area contributed by atoms with Crippen LogP contribution in [0.4, 0.5) is 4.39 Å². The summed E-state index contributed by atoms with van der Waals surface area (Å²) in [4.78, 5) is 11.1. The molecule has 2 heteroatoms. The van der Waals surface area contributed by atoms with E-state index in [4.69, 9.17) is 0 Å². The number of carbonyl (C=O) groups is 1. The van der Waals surface area contributed by atoms with Crippen molar-refractivity contribution in [1.29, 1.82) is 0 Å². The van der Waals surface area contributed by atoms with Crippen molar-refractivity contribution in [1.82, 2.24) is 0 Å². The molecule has 0 bridgehead atoms. The van der Waals surface area contributed by atoms with Crippen molar-refractivity contribution < 1.29 is 9.18 Å². The molecule has 68 valence electrons. The number of hydrogen-bond acceptors (Lipinski definition) is 1. The molecule has 0 atom stereocenters. The fourth-order valence-electron chi connectivity index (χ4n) is 1.23. The molecule has 1 aromatic rings. The summed E-state index contributed by atoms with van der Waals surface area (Å²) in [5, 5.41) is 0. The van der Waals surface area contributed by atoms with Crippen molar-refractivity contribution in [3.05, 3.63) is 47.8 Å². The Balaban J connectivity index is 3.17. The molecule has 0 aliphatic carbocycles. The Labute approximate surface area is 76.9 Å². The molecule has 13 heavy (non-hydrogen) atoms. The van der Waals surface area contributed by atoms with Gasteiger partial charge in [0.2, 0.25) is 0 Å². The maximum Gasteiger partial charge on any atom is 0.160 e. The van der Waals surface area contributed by atoms with Crippen LogP contribution >= 0.6 is 0 Å². The minimum absolute atomic E-state index is 0.0446. The number of rotatable bonds is 3. The molecule has 1 rings (SSSR count). The highest BCUT2D eigenvalue weighted by Crippen LogP contribution is 2.13. The number of hydrogen-bond donors (Lipinski definition) is 0. The minimum Gasteiger partial charge on any atom is -0.295 e. The molecule has 0 saturated carbocycles. The van der Waals surface area contributed by atoms with Crippen molar-refractivity contribution in [3.8, 4) is 0 Å². The van der Waals surface area contributed by atoms with E-state index in [0.717, 1.165) is 0 Å². The van der Waals surface area contributed by atoms with Gasteiger partial charge in [0.25, 0.3) is 0 Å². The third-order valence-electron chi connectivity index (χ3n) is 1.81. The molecule has 0 aromatic heterocycles. The summed E-state index contributed by atoms with van der Waals surface area (Å²) in [6.07, 6.45) is 2.17. The van der Waals surface area contributed by atoms with Crippen molar-refractivity contribution in [2.24, 2.45) is 0 Å². The standard InChI is InChI=1S/C11H11FO/c1-3-4-9-7-10(12)5-6-11(9)8(2)13/h3,5-7H,1,4H2,2H3. The van der Waals surface area contributed by atoms with Gasteiger partial charge in [-0.05, 0) is 37.1 Å². The normalized spacial score (nSPS) is 9.69. The van der Waals surface area contributed by atoms with Gasteiger partial charge in [0.15, 0.2) is 5.78 Å². The van der Waals surface area contributed by atoms with Gasteiger partial charge < -0.3 is 0 Å².